The first-order valence-electron chi connectivity index (χ1n) is 9.95. The van der Waals surface area contributed by atoms with E-state index < -0.39 is 7.75 Å². The van der Waals surface area contributed by atoms with Gasteiger partial charge in [0, 0.05) is 5.69 Å². The second-order valence-corrected chi connectivity index (χ2v) is 10.1. The van der Waals surface area contributed by atoms with Gasteiger partial charge in [0.05, 0.1) is 11.8 Å². The van der Waals surface area contributed by atoms with E-state index in [0.29, 0.717) is 17.0 Å². The van der Waals surface area contributed by atoms with Gasteiger partial charge < -0.3 is 0 Å². The van der Waals surface area contributed by atoms with Crippen LogP contribution in [0.5, 0.6) is 0 Å². The fraction of sp³-hybridized carbons (Fsp3) is 0.455. The number of rotatable bonds is 7. The fourth-order valence-corrected chi connectivity index (χ4v) is 5.03. The standard InChI is InChI=1S/C22H31N2O3P/c1-22(2,3)18-14-16-21(17-15-18)26-28(25,24-20-12-8-5-9-13-20)27-23-19-10-6-4-7-11-19/h4-13,18,21,23H,14-17H2,1-3H3,(H,24,25). The number of hydrogen-bond donors (Lipinski definition) is 2. The topological polar surface area (TPSA) is 59.6 Å². The lowest BCUT2D eigenvalue weighted by Crippen LogP contribution is -2.29. The van der Waals surface area contributed by atoms with E-state index in [4.69, 9.17) is 9.15 Å². The predicted molar refractivity (Wildman–Crippen MR) is 115 cm³/mol. The van der Waals surface area contributed by atoms with Crippen molar-refractivity contribution in [2.24, 2.45) is 11.3 Å². The summed E-state index contributed by atoms with van der Waals surface area (Å²) in [6.07, 6.45) is 3.84. The molecule has 1 fully saturated rings. The van der Waals surface area contributed by atoms with Gasteiger partial charge in [0.2, 0.25) is 0 Å². The minimum atomic E-state index is -3.60. The van der Waals surface area contributed by atoms with Gasteiger partial charge in [-0.25, -0.2) is 4.57 Å². The maximum absolute atomic E-state index is 13.5. The Labute approximate surface area is 168 Å². The summed E-state index contributed by atoms with van der Waals surface area (Å²) >= 11 is 0. The largest absolute Gasteiger partial charge is 0.454 e. The Hall–Kier alpha value is -1.81. The van der Waals surface area contributed by atoms with Gasteiger partial charge >= 0.3 is 7.75 Å². The van der Waals surface area contributed by atoms with Crippen molar-refractivity contribution in [2.75, 3.05) is 10.6 Å². The lowest BCUT2D eigenvalue weighted by Gasteiger charge is -2.37. The van der Waals surface area contributed by atoms with Crippen molar-refractivity contribution in [3.8, 4) is 0 Å². The molecule has 0 amide bonds. The first-order chi connectivity index (χ1) is 13.3. The zero-order chi connectivity index (χ0) is 20.0. The van der Waals surface area contributed by atoms with E-state index in [1.165, 1.54) is 0 Å². The summed E-state index contributed by atoms with van der Waals surface area (Å²) in [5.41, 5.74) is 4.49. The Balaban J connectivity index is 1.66. The molecule has 2 aromatic rings. The molecule has 1 atom stereocenters. The molecule has 2 N–H and O–H groups in total. The monoisotopic (exact) mass is 402 g/mol. The molecule has 0 heterocycles. The molecule has 1 aliphatic rings. The molecule has 28 heavy (non-hydrogen) atoms. The lowest BCUT2D eigenvalue weighted by molar-refractivity contribution is 0.0772. The minimum absolute atomic E-state index is 0.0850. The molecule has 6 heteroatoms. The quantitative estimate of drug-likeness (QED) is 0.391. The van der Waals surface area contributed by atoms with Crippen LogP contribution in [0.3, 0.4) is 0 Å². The van der Waals surface area contributed by atoms with Gasteiger partial charge in [0.25, 0.3) is 0 Å². The Morgan fingerprint density at radius 3 is 1.93 bits per heavy atom. The minimum Gasteiger partial charge on any atom is -0.291 e. The molecule has 152 valence electrons. The third-order valence-corrected chi connectivity index (χ3v) is 6.72. The molecule has 0 spiro atoms. The maximum atomic E-state index is 13.5. The number of para-hydroxylation sites is 2. The molecule has 0 saturated heterocycles. The van der Waals surface area contributed by atoms with Gasteiger partial charge in [-0.05, 0) is 61.3 Å². The third-order valence-electron chi connectivity index (χ3n) is 5.28. The van der Waals surface area contributed by atoms with Crippen LogP contribution in [0.15, 0.2) is 60.7 Å². The number of nitrogens with one attached hydrogen (secondary N) is 2. The van der Waals surface area contributed by atoms with Crippen LogP contribution in [0.4, 0.5) is 11.4 Å². The van der Waals surface area contributed by atoms with Crippen LogP contribution in [-0.4, -0.2) is 6.10 Å². The number of anilines is 2. The molecule has 0 aliphatic heterocycles. The van der Waals surface area contributed by atoms with E-state index in [0.717, 1.165) is 31.4 Å². The average molecular weight is 402 g/mol. The number of hydrogen-bond acceptors (Lipinski definition) is 4. The lowest BCUT2D eigenvalue weighted by atomic mass is 9.72. The molecular formula is C22H31N2O3P. The van der Waals surface area contributed by atoms with Gasteiger partial charge in [0.1, 0.15) is 0 Å². The predicted octanol–water partition coefficient (Wildman–Crippen LogP) is 6.87. The molecule has 1 unspecified atom stereocenters. The van der Waals surface area contributed by atoms with E-state index in [9.17, 15) is 4.57 Å². The van der Waals surface area contributed by atoms with E-state index >= 15 is 0 Å². The molecule has 3 rings (SSSR count). The highest BCUT2D eigenvalue weighted by atomic mass is 31.2. The highest BCUT2D eigenvalue weighted by Gasteiger charge is 2.35. The SMILES string of the molecule is CC(C)(C)C1CCC(OP(=O)(Nc2ccccc2)ONc2ccccc2)CC1. The van der Waals surface area contributed by atoms with Gasteiger partial charge in [-0.3, -0.25) is 15.1 Å². The van der Waals surface area contributed by atoms with Crippen LogP contribution < -0.4 is 10.6 Å². The fourth-order valence-electron chi connectivity index (χ4n) is 3.59. The summed E-state index contributed by atoms with van der Waals surface area (Å²) in [5.74, 6) is 0.664. The zero-order valence-corrected chi connectivity index (χ0v) is 17.8. The highest BCUT2D eigenvalue weighted by molar-refractivity contribution is 7.55. The van der Waals surface area contributed by atoms with Gasteiger partial charge in [-0.15, -0.1) is 0 Å². The van der Waals surface area contributed by atoms with Crippen molar-refractivity contribution < 1.29 is 13.7 Å². The molecule has 5 nitrogen and oxygen atoms in total. The summed E-state index contributed by atoms with van der Waals surface area (Å²) in [5, 5.41) is 2.96. The maximum Gasteiger partial charge on any atom is 0.454 e. The van der Waals surface area contributed by atoms with Crippen LogP contribution in [-0.2, 0) is 13.7 Å². The van der Waals surface area contributed by atoms with Crippen molar-refractivity contribution in [3.05, 3.63) is 60.7 Å². The first kappa shape index (κ1) is 20.9. The second kappa shape index (κ2) is 9.13. The summed E-state index contributed by atoms with van der Waals surface area (Å²) in [7, 11) is -3.60. The molecule has 0 bridgehead atoms. The van der Waals surface area contributed by atoms with E-state index in [2.05, 4.69) is 31.3 Å². The van der Waals surface area contributed by atoms with Crippen LogP contribution in [0.2, 0.25) is 0 Å². The number of benzene rings is 2. The average Bonchev–Trinajstić information content (AvgIpc) is 2.68. The molecule has 1 saturated carbocycles. The summed E-state index contributed by atoms with van der Waals surface area (Å²) < 4.78 is 25.1. The van der Waals surface area contributed by atoms with Crippen molar-refractivity contribution in [3.63, 3.8) is 0 Å². The first-order valence-corrected chi connectivity index (χ1v) is 11.5. The van der Waals surface area contributed by atoms with E-state index in [1.807, 2.05) is 60.7 Å². The second-order valence-electron chi connectivity index (χ2n) is 8.48. The Bertz CT molecular complexity index is 769. The van der Waals surface area contributed by atoms with Gasteiger partial charge in [-0.2, -0.15) is 4.62 Å². The van der Waals surface area contributed by atoms with Crippen molar-refractivity contribution in [2.45, 2.75) is 52.6 Å². The van der Waals surface area contributed by atoms with E-state index in [1.54, 1.807) is 0 Å². The molecule has 0 radical (unpaired) electrons. The summed E-state index contributed by atoms with van der Waals surface area (Å²) in [6.45, 7) is 6.86. The third kappa shape index (κ3) is 6.10. The normalized spacial score (nSPS) is 22.2. The van der Waals surface area contributed by atoms with Gasteiger partial charge in [0.15, 0.2) is 0 Å². The van der Waals surface area contributed by atoms with Crippen LogP contribution in [0.1, 0.15) is 46.5 Å². The van der Waals surface area contributed by atoms with E-state index in [-0.39, 0.29) is 6.10 Å². The Morgan fingerprint density at radius 1 is 0.857 bits per heavy atom. The Morgan fingerprint density at radius 2 is 1.39 bits per heavy atom. The van der Waals surface area contributed by atoms with Crippen LogP contribution >= 0.6 is 7.75 Å². The molecular weight excluding hydrogens is 371 g/mol. The molecule has 1 aliphatic carbocycles. The Kier molecular flexibility index (Phi) is 6.82. The van der Waals surface area contributed by atoms with Crippen LogP contribution in [0, 0.1) is 11.3 Å². The van der Waals surface area contributed by atoms with Crippen molar-refractivity contribution in [1.82, 2.24) is 0 Å². The molecule has 0 aromatic heterocycles. The highest BCUT2D eigenvalue weighted by Crippen LogP contribution is 2.51. The zero-order valence-electron chi connectivity index (χ0n) is 16.9. The van der Waals surface area contributed by atoms with Crippen molar-refractivity contribution in [1.29, 1.82) is 0 Å². The van der Waals surface area contributed by atoms with Crippen molar-refractivity contribution >= 4 is 19.1 Å². The molecule has 2 aromatic carbocycles. The smallest absolute Gasteiger partial charge is 0.291 e. The van der Waals surface area contributed by atoms with Crippen LogP contribution in [0.25, 0.3) is 0 Å². The summed E-state index contributed by atoms with van der Waals surface area (Å²) in [4.78, 5) is 0. The van der Waals surface area contributed by atoms with Gasteiger partial charge in [-0.1, -0.05) is 57.2 Å². The summed E-state index contributed by atoms with van der Waals surface area (Å²) in [6, 6.07) is 18.7.